The molecular weight excluding hydrogens is 374 g/mol. The quantitative estimate of drug-likeness (QED) is 0.771. The van der Waals surface area contributed by atoms with Crippen LogP contribution in [-0.4, -0.2) is 10.1 Å². The SMILES string of the molecule is Nc1c(Br)cc(Br)cc1-c1nc(C2CCCC2)no1. The first-order chi connectivity index (χ1) is 9.15. The molecule has 1 heterocycles. The number of nitrogen functional groups attached to an aromatic ring is 1. The highest BCUT2D eigenvalue weighted by Gasteiger charge is 2.23. The van der Waals surface area contributed by atoms with E-state index < -0.39 is 0 Å². The van der Waals surface area contributed by atoms with Gasteiger partial charge in [0.05, 0.1) is 11.3 Å². The molecule has 19 heavy (non-hydrogen) atoms. The van der Waals surface area contributed by atoms with Crippen molar-refractivity contribution in [3.63, 3.8) is 0 Å². The van der Waals surface area contributed by atoms with Crippen LogP contribution in [0.2, 0.25) is 0 Å². The molecule has 1 aromatic carbocycles. The van der Waals surface area contributed by atoms with Gasteiger partial charge in [-0.25, -0.2) is 0 Å². The van der Waals surface area contributed by atoms with Crippen molar-refractivity contribution < 1.29 is 4.52 Å². The summed E-state index contributed by atoms with van der Waals surface area (Å²) in [6.07, 6.45) is 4.80. The van der Waals surface area contributed by atoms with Crippen LogP contribution in [0.25, 0.3) is 11.5 Å². The predicted octanol–water partition coefficient (Wildman–Crippen LogP) is 4.50. The van der Waals surface area contributed by atoms with Gasteiger partial charge in [-0.2, -0.15) is 4.98 Å². The van der Waals surface area contributed by atoms with Crippen LogP contribution >= 0.6 is 31.9 Å². The van der Waals surface area contributed by atoms with Crippen LogP contribution < -0.4 is 5.73 Å². The lowest BCUT2D eigenvalue weighted by Gasteiger charge is -2.04. The molecule has 3 rings (SSSR count). The Morgan fingerprint density at radius 1 is 1.21 bits per heavy atom. The Bertz CT molecular complexity index is 606. The zero-order valence-electron chi connectivity index (χ0n) is 10.2. The van der Waals surface area contributed by atoms with Crippen LogP contribution in [0.15, 0.2) is 25.6 Å². The van der Waals surface area contributed by atoms with Gasteiger partial charge < -0.3 is 10.3 Å². The molecule has 0 spiro atoms. The Morgan fingerprint density at radius 3 is 2.68 bits per heavy atom. The van der Waals surface area contributed by atoms with Gasteiger partial charge in [0.2, 0.25) is 0 Å². The number of hydrogen-bond donors (Lipinski definition) is 1. The highest BCUT2D eigenvalue weighted by molar-refractivity contribution is 9.11. The molecule has 100 valence electrons. The predicted molar refractivity (Wildman–Crippen MR) is 80.8 cm³/mol. The maximum Gasteiger partial charge on any atom is 0.260 e. The highest BCUT2D eigenvalue weighted by atomic mass is 79.9. The molecule has 0 amide bonds. The Labute approximate surface area is 128 Å². The first-order valence-electron chi connectivity index (χ1n) is 6.23. The number of nitrogens with zero attached hydrogens (tertiary/aromatic N) is 2. The number of aromatic nitrogens is 2. The van der Waals surface area contributed by atoms with Crippen molar-refractivity contribution in [3.8, 4) is 11.5 Å². The summed E-state index contributed by atoms with van der Waals surface area (Å²) in [6.45, 7) is 0. The lowest BCUT2D eigenvalue weighted by molar-refractivity contribution is 0.416. The summed E-state index contributed by atoms with van der Waals surface area (Å²) < 4.78 is 7.11. The molecule has 1 fully saturated rings. The standard InChI is InChI=1S/C13H13Br2N3O/c14-8-5-9(11(16)10(15)6-8)13-17-12(18-19-13)7-3-1-2-4-7/h5-7H,1-4,16H2. The molecular formula is C13H13Br2N3O. The van der Waals surface area contributed by atoms with Gasteiger partial charge in [-0.05, 0) is 40.9 Å². The Hall–Kier alpha value is -0.880. The van der Waals surface area contributed by atoms with Crippen molar-refractivity contribution in [1.82, 2.24) is 10.1 Å². The van der Waals surface area contributed by atoms with E-state index in [9.17, 15) is 0 Å². The van der Waals surface area contributed by atoms with Gasteiger partial charge in [-0.3, -0.25) is 0 Å². The molecule has 0 radical (unpaired) electrons. The maximum atomic E-state index is 6.05. The second-order valence-electron chi connectivity index (χ2n) is 4.79. The summed E-state index contributed by atoms with van der Waals surface area (Å²) in [5.41, 5.74) is 7.43. The molecule has 1 saturated carbocycles. The van der Waals surface area contributed by atoms with Crippen molar-refractivity contribution in [2.75, 3.05) is 5.73 Å². The summed E-state index contributed by atoms with van der Waals surface area (Å²) >= 11 is 6.86. The number of halogens is 2. The number of anilines is 1. The maximum absolute atomic E-state index is 6.05. The number of rotatable bonds is 2. The summed E-state index contributed by atoms with van der Waals surface area (Å²) in [6, 6.07) is 3.79. The van der Waals surface area contributed by atoms with E-state index in [0.29, 0.717) is 17.5 Å². The van der Waals surface area contributed by atoms with Gasteiger partial charge in [0.1, 0.15) is 0 Å². The van der Waals surface area contributed by atoms with Crippen LogP contribution in [0, 0.1) is 0 Å². The van der Waals surface area contributed by atoms with Crippen LogP contribution in [0.1, 0.15) is 37.4 Å². The summed E-state index contributed by atoms with van der Waals surface area (Å²) in [5, 5.41) is 4.10. The van der Waals surface area contributed by atoms with Gasteiger partial charge >= 0.3 is 0 Å². The Morgan fingerprint density at radius 2 is 1.95 bits per heavy atom. The minimum atomic E-state index is 0.439. The van der Waals surface area contributed by atoms with E-state index in [-0.39, 0.29) is 0 Å². The molecule has 2 N–H and O–H groups in total. The lowest BCUT2D eigenvalue weighted by atomic mass is 10.1. The van der Waals surface area contributed by atoms with Crippen LogP contribution in [-0.2, 0) is 0 Å². The highest BCUT2D eigenvalue weighted by Crippen LogP contribution is 2.37. The van der Waals surface area contributed by atoms with Gasteiger partial charge in [0, 0.05) is 14.9 Å². The van der Waals surface area contributed by atoms with Crippen molar-refractivity contribution >= 4 is 37.5 Å². The minimum Gasteiger partial charge on any atom is -0.397 e. The second kappa shape index (κ2) is 5.25. The number of benzene rings is 1. The van der Waals surface area contributed by atoms with Crippen LogP contribution in [0.4, 0.5) is 5.69 Å². The summed E-state index contributed by atoms with van der Waals surface area (Å²) in [5.74, 6) is 1.73. The summed E-state index contributed by atoms with van der Waals surface area (Å²) in [4.78, 5) is 4.51. The molecule has 1 aliphatic carbocycles. The topological polar surface area (TPSA) is 64.9 Å². The first-order valence-corrected chi connectivity index (χ1v) is 7.82. The minimum absolute atomic E-state index is 0.439. The Balaban J connectivity index is 1.98. The fourth-order valence-electron chi connectivity index (χ4n) is 2.46. The lowest BCUT2D eigenvalue weighted by Crippen LogP contribution is -1.95. The van der Waals surface area contributed by atoms with Gasteiger partial charge in [0.25, 0.3) is 5.89 Å². The second-order valence-corrected chi connectivity index (χ2v) is 6.56. The van der Waals surface area contributed by atoms with E-state index in [1.807, 2.05) is 12.1 Å². The van der Waals surface area contributed by atoms with Crippen molar-refractivity contribution in [2.45, 2.75) is 31.6 Å². The third-order valence-electron chi connectivity index (χ3n) is 3.49. The molecule has 2 aromatic rings. The molecule has 0 saturated heterocycles. The number of hydrogen-bond acceptors (Lipinski definition) is 4. The van der Waals surface area contributed by atoms with E-state index in [0.717, 1.165) is 33.2 Å². The smallest absolute Gasteiger partial charge is 0.260 e. The average molecular weight is 387 g/mol. The van der Waals surface area contributed by atoms with E-state index in [2.05, 4.69) is 42.0 Å². The zero-order valence-corrected chi connectivity index (χ0v) is 13.4. The first kappa shape index (κ1) is 13.1. The normalized spacial score (nSPS) is 16.1. The molecule has 0 aliphatic heterocycles. The van der Waals surface area contributed by atoms with Gasteiger partial charge in [-0.1, -0.05) is 33.9 Å². The fourth-order valence-corrected chi connectivity index (χ4v) is 3.68. The van der Waals surface area contributed by atoms with Crippen LogP contribution in [0.3, 0.4) is 0 Å². The third-order valence-corrected chi connectivity index (χ3v) is 4.60. The van der Waals surface area contributed by atoms with Gasteiger partial charge in [0.15, 0.2) is 5.82 Å². The largest absolute Gasteiger partial charge is 0.397 e. The van der Waals surface area contributed by atoms with Crippen molar-refractivity contribution in [1.29, 1.82) is 0 Å². The van der Waals surface area contributed by atoms with E-state index in [1.165, 1.54) is 12.8 Å². The number of nitrogens with two attached hydrogens (primary N) is 1. The van der Waals surface area contributed by atoms with Crippen LogP contribution in [0.5, 0.6) is 0 Å². The monoisotopic (exact) mass is 385 g/mol. The Kier molecular flexibility index (Phi) is 3.62. The molecule has 0 atom stereocenters. The van der Waals surface area contributed by atoms with Gasteiger partial charge in [-0.15, -0.1) is 0 Å². The summed E-state index contributed by atoms with van der Waals surface area (Å²) in [7, 11) is 0. The zero-order chi connectivity index (χ0) is 13.4. The molecule has 0 unspecified atom stereocenters. The van der Waals surface area contributed by atoms with Crippen molar-refractivity contribution in [3.05, 3.63) is 26.9 Å². The van der Waals surface area contributed by atoms with E-state index in [1.54, 1.807) is 0 Å². The molecule has 4 nitrogen and oxygen atoms in total. The van der Waals surface area contributed by atoms with E-state index in [4.69, 9.17) is 10.3 Å². The molecule has 0 bridgehead atoms. The third kappa shape index (κ3) is 2.56. The molecule has 1 aromatic heterocycles. The molecule has 6 heteroatoms. The molecule has 1 aliphatic rings. The average Bonchev–Trinajstić information content (AvgIpc) is 3.03. The fraction of sp³-hybridized carbons (Fsp3) is 0.385. The van der Waals surface area contributed by atoms with Crippen molar-refractivity contribution in [2.24, 2.45) is 0 Å². The van der Waals surface area contributed by atoms with E-state index >= 15 is 0 Å².